The van der Waals surface area contributed by atoms with Gasteiger partial charge in [0.05, 0.1) is 11.6 Å². The molecule has 20 heavy (non-hydrogen) atoms. The van der Waals surface area contributed by atoms with Crippen LogP contribution in [0.4, 0.5) is 5.69 Å². The second-order valence-corrected chi connectivity index (χ2v) is 4.66. The Morgan fingerprint density at radius 2 is 2.05 bits per heavy atom. The molecule has 6 heteroatoms. The van der Waals surface area contributed by atoms with Gasteiger partial charge in [0.15, 0.2) is 0 Å². The fraction of sp³-hybridized carbons (Fsp3) is 0.357. The van der Waals surface area contributed by atoms with Crippen molar-refractivity contribution < 1.29 is 19.1 Å². The molecule has 2 N–H and O–H groups in total. The molecule has 2 rings (SSSR count). The molecule has 1 aromatic carbocycles. The van der Waals surface area contributed by atoms with Crippen LogP contribution in [0.3, 0.4) is 0 Å². The van der Waals surface area contributed by atoms with Gasteiger partial charge in [-0.15, -0.1) is 0 Å². The van der Waals surface area contributed by atoms with E-state index in [9.17, 15) is 14.4 Å². The molecule has 0 radical (unpaired) electrons. The molecule has 0 aromatic heterocycles. The molecule has 6 nitrogen and oxygen atoms in total. The zero-order valence-electron chi connectivity index (χ0n) is 11.1. The van der Waals surface area contributed by atoms with Crippen LogP contribution in [0.25, 0.3) is 0 Å². The highest BCUT2D eigenvalue weighted by Crippen LogP contribution is 2.12. The average molecular weight is 276 g/mol. The van der Waals surface area contributed by atoms with Crippen molar-refractivity contribution in [2.45, 2.75) is 25.8 Å². The van der Waals surface area contributed by atoms with Crippen molar-refractivity contribution in [3.05, 3.63) is 29.8 Å². The van der Waals surface area contributed by atoms with Crippen molar-refractivity contribution in [1.29, 1.82) is 0 Å². The number of rotatable bonds is 4. The van der Waals surface area contributed by atoms with Gasteiger partial charge in [-0.3, -0.25) is 9.59 Å². The summed E-state index contributed by atoms with van der Waals surface area (Å²) in [7, 11) is 0. The van der Waals surface area contributed by atoms with Crippen LogP contribution >= 0.6 is 0 Å². The molecule has 1 aromatic rings. The number of hydrogen-bond donors (Lipinski definition) is 2. The predicted molar refractivity (Wildman–Crippen MR) is 72.2 cm³/mol. The first kappa shape index (κ1) is 14.0. The van der Waals surface area contributed by atoms with E-state index in [2.05, 4.69) is 10.6 Å². The van der Waals surface area contributed by atoms with E-state index in [0.717, 1.165) is 0 Å². The van der Waals surface area contributed by atoms with Gasteiger partial charge in [0.1, 0.15) is 6.61 Å². The SMILES string of the molecule is CC(=O)Nc1ccc(C(=O)OCC2CCC(=O)N2)cc1. The third-order valence-corrected chi connectivity index (χ3v) is 2.94. The molecule has 0 bridgehead atoms. The minimum Gasteiger partial charge on any atom is -0.460 e. The Balaban J connectivity index is 1.85. The molecule has 1 aliphatic rings. The zero-order chi connectivity index (χ0) is 14.5. The lowest BCUT2D eigenvalue weighted by molar-refractivity contribution is -0.119. The molecule has 0 saturated carbocycles. The third kappa shape index (κ3) is 3.81. The Bertz CT molecular complexity index is 524. The van der Waals surface area contributed by atoms with Gasteiger partial charge in [-0.1, -0.05) is 0 Å². The molecule has 1 unspecified atom stereocenters. The van der Waals surface area contributed by atoms with E-state index in [0.29, 0.717) is 24.1 Å². The van der Waals surface area contributed by atoms with Gasteiger partial charge in [-0.2, -0.15) is 0 Å². The van der Waals surface area contributed by atoms with Crippen LogP contribution in [0.5, 0.6) is 0 Å². The fourth-order valence-corrected chi connectivity index (χ4v) is 1.95. The van der Waals surface area contributed by atoms with Crippen LogP contribution in [0.2, 0.25) is 0 Å². The second kappa shape index (κ2) is 6.18. The van der Waals surface area contributed by atoms with Crippen LogP contribution < -0.4 is 10.6 Å². The smallest absolute Gasteiger partial charge is 0.338 e. The first-order valence-corrected chi connectivity index (χ1v) is 6.39. The summed E-state index contributed by atoms with van der Waals surface area (Å²) in [6.07, 6.45) is 1.17. The van der Waals surface area contributed by atoms with Crippen LogP contribution in [-0.2, 0) is 14.3 Å². The number of carbonyl (C=O) groups is 3. The van der Waals surface area contributed by atoms with Crippen molar-refractivity contribution in [2.24, 2.45) is 0 Å². The quantitative estimate of drug-likeness (QED) is 0.806. The van der Waals surface area contributed by atoms with Gasteiger partial charge in [0, 0.05) is 19.0 Å². The average Bonchev–Trinajstić information content (AvgIpc) is 2.82. The minimum atomic E-state index is -0.444. The van der Waals surface area contributed by atoms with Crippen molar-refractivity contribution in [2.75, 3.05) is 11.9 Å². The van der Waals surface area contributed by atoms with Crippen molar-refractivity contribution in [1.82, 2.24) is 5.32 Å². The maximum absolute atomic E-state index is 11.8. The van der Waals surface area contributed by atoms with E-state index in [4.69, 9.17) is 4.74 Å². The molecule has 1 fully saturated rings. The number of carbonyl (C=O) groups excluding carboxylic acids is 3. The topological polar surface area (TPSA) is 84.5 Å². The number of amides is 2. The Hall–Kier alpha value is -2.37. The molecule has 0 aliphatic carbocycles. The Kier molecular flexibility index (Phi) is 4.34. The van der Waals surface area contributed by atoms with Gasteiger partial charge < -0.3 is 15.4 Å². The Labute approximate surface area is 116 Å². The summed E-state index contributed by atoms with van der Waals surface area (Å²) in [4.78, 5) is 33.7. The molecule has 1 saturated heterocycles. The minimum absolute atomic E-state index is 0.00860. The second-order valence-electron chi connectivity index (χ2n) is 4.66. The van der Waals surface area contributed by atoms with Crippen molar-refractivity contribution >= 4 is 23.5 Å². The van der Waals surface area contributed by atoms with E-state index < -0.39 is 5.97 Å². The summed E-state index contributed by atoms with van der Waals surface area (Å²) in [5.41, 5.74) is 1.03. The van der Waals surface area contributed by atoms with E-state index in [-0.39, 0.29) is 24.5 Å². The molecular formula is C14H16N2O4. The third-order valence-electron chi connectivity index (χ3n) is 2.94. The lowest BCUT2D eigenvalue weighted by Crippen LogP contribution is -2.30. The van der Waals surface area contributed by atoms with Crippen molar-refractivity contribution in [3.8, 4) is 0 Å². The first-order valence-electron chi connectivity index (χ1n) is 6.39. The van der Waals surface area contributed by atoms with E-state index in [1.165, 1.54) is 6.92 Å². The Morgan fingerprint density at radius 3 is 2.60 bits per heavy atom. The lowest BCUT2D eigenvalue weighted by atomic mass is 10.2. The molecule has 1 atom stereocenters. The summed E-state index contributed by atoms with van der Waals surface area (Å²) < 4.78 is 5.14. The zero-order valence-corrected chi connectivity index (χ0v) is 11.1. The fourth-order valence-electron chi connectivity index (χ4n) is 1.95. The summed E-state index contributed by atoms with van der Waals surface area (Å²) in [5.74, 6) is -0.622. The number of anilines is 1. The number of benzene rings is 1. The Morgan fingerprint density at radius 1 is 1.35 bits per heavy atom. The lowest BCUT2D eigenvalue weighted by Gasteiger charge is -2.11. The summed E-state index contributed by atoms with van der Waals surface area (Å²) >= 11 is 0. The van der Waals surface area contributed by atoms with Gasteiger partial charge >= 0.3 is 5.97 Å². The largest absolute Gasteiger partial charge is 0.460 e. The molecule has 106 valence electrons. The highest BCUT2D eigenvalue weighted by atomic mass is 16.5. The van der Waals surface area contributed by atoms with E-state index in [1.807, 2.05) is 0 Å². The number of esters is 1. The summed E-state index contributed by atoms with van der Waals surface area (Å²) in [5, 5.41) is 5.34. The maximum atomic E-state index is 11.8. The van der Waals surface area contributed by atoms with Crippen LogP contribution in [-0.4, -0.2) is 30.4 Å². The van der Waals surface area contributed by atoms with Gasteiger partial charge in [-0.25, -0.2) is 4.79 Å². The molecular weight excluding hydrogens is 260 g/mol. The molecule has 2 amide bonds. The molecule has 1 aliphatic heterocycles. The van der Waals surface area contributed by atoms with Crippen LogP contribution in [0.15, 0.2) is 24.3 Å². The van der Waals surface area contributed by atoms with Gasteiger partial charge in [0.25, 0.3) is 0 Å². The first-order chi connectivity index (χ1) is 9.54. The van der Waals surface area contributed by atoms with Crippen LogP contribution in [0.1, 0.15) is 30.1 Å². The number of hydrogen-bond acceptors (Lipinski definition) is 4. The highest BCUT2D eigenvalue weighted by Gasteiger charge is 2.22. The monoisotopic (exact) mass is 276 g/mol. The molecule has 1 heterocycles. The number of ether oxygens (including phenoxy) is 1. The molecule has 0 spiro atoms. The summed E-state index contributed by atoms with van der Waals surface area (Å²) in [6.45, 7) is 1.59. The maximum Gasteiger partial charge on any atom is 0.338 e. The van der Waals surface area contributed by atoms with Crippen molar-refractivity contribution in [3.63, 3.8) is 0 Å². The van der Waals surface area contributed by atoms with E-state index in [1.54, 1.807) is 24.3 Å². The van der Waals surface area contributed by atoms with Gasteiger partial charge in [0.2, 0.25) is 11.8 Å². The highest BCUT2D eigenvalue weighted by molar-refractivity contribution is 5.92. The predicted octanol–water partition coefficient (Wildman–Crippen LogP) is 1.08. The number of nitrogens with one attached hydrogen (secondary N) is 2. The normalized spacial score (nSPS) is 17.4. The standard InChI is InChI=1S/C14H16N2O4/c1-9(17)15-11-4-2-10(3-5-11)14(19)20-8-12-6-7-13(18)16-12/h2-5,12H,6-8H2,1H3,(H,15,17)(H,16,18). The van der Waals surface area contributed by atoms with E-state index >= 15 is 0 Å². The summed E-state index contributed by atoms with van der Waals surface area (Å²) in [6, 6.07) is 6.34. The van der Waals surface area contributed by atoms with Crippen LogP contribution in [0, 0.1) is 0 Å². The van der Waals surface area contributed by atoms with Gasteiger partial charge in [-0.05, 0) is 30.7 Å².